The van der Waals surface area contributed by atoms with Crippen LogP contribution in [0.5, 0.6) is 11.5 Å². The summed E-state index contributed by atoms with van der Waals surface area (Å²) in [5.74, 6) is 3.24. The molecule has 4 atom stereocenters. The van der Waals surface area contributed by atoms with Crippen LogP contribution < -0.4 is 15.2 Å². The Morgan fingerprint density at radius 1 is 1.25 bits per heavy atom. The van der Waals surface area contributed by atoms with Crippen LogP contribution in [0.15, 0.2) is 18.2 Å². The van der Waals surface area contributed by atoms with Gasteiger partial charge in [-0.1, -0.05) is 25.8 Å². The second kappa shape index (κ2) is 5.65. The molecule has 3 nitrogen and oxygen atoms in total. The van der Waals surface area contributed by atoms with Gasteiger partial charge in [0.15, 0.2) is 0 Å². The molecule has 110 valence electrons. The van der Waals surface area contributed by atoms with Gasteiger partial charge in [-0.15, -0.1) is 0 Å². The Morgan fingerprint density at radius 2 is 2.10 bits per heavy atom. The van der Waals surface area contributed by atoms with Crippen LogP contribution in [0.1, 0.15) is 50.6 Å². The Morgan fingerprint density at radius 3 is 2.85 bits per heavy atom. The first kappa shape index (κ1) is 13.7. The zero-order valence-electron chi connectivity index (χ0n) is 12.5. The van der Waals surface area contributed by atoms with E-state index in [9.17, 15) is 0 Å². The normalized spacial score (nSPS) is 33.1. The summed E-state index contributed by atoms with van der Waals surface area (Å²) >= 11 is 0. The van der Waals surface area contributed by atoms with E-state index in [0.29, 0.717) is 5.92 Å². The summed E-state index contributed by atoms with van der Waals surface area (Å²) in [6.45, 7) is 2.35. The summed E-state index contributed by atoms with van der Waals surface area (Å²) in [5.41, 5.74) is 7.47. The Bertz CT molecular complexity index is 474. The molecule has 1 aromatic carbocycles. The predicted octanol–water partition coefficient (Wildman–Crippen LogP) is 3.67. The van der Waals surface area contributed by atoms with Crippen LogP contribution >= 0.6 is 0 Å². The van der Waals surface area contributed by atoms with Crippen LogP contribution in [0.4, 0.5) is 0 Å². The minimum absolute atomic E-state index is 0.0897. The van der Waals surface area contributed by atoms with E-state index < -0.39 is 0 Å². The first-order chi connectivity index (χ1) is 9.67. The maximum Gasteiger partial charge on any atom is 0.128 e. The summed E-state index contributed by atoms with van der Waals surface area (Å²) in [6.07, 6.45) is 6.45. The largest absolute Gasteiger partial charge is 0.497 e. The second-order valence-electron chi connectivity index (χ2n) is 6.43. The lowest BCUT2D eigenvalue weighted by Gasteiger charge is -2.38. The molecule has 0 spiro atoms. The van der Waals surface area contributed by atoms with Crippen LogP contribution in [0.3, 0.4) is 0 Å². The molecule has 1 heterocycles. The van der Waals surface area contributed by atoms with E-state index in [4.69, 9.17) is 15.2 Å². The molecular formula is C17H25NO2. The van der Waals surface area contributed by atoms with Gasteiger partial charge in [0.25, 0.3) is 0 Å². The van der Waals surface area contributed by atoms with E-state index in [2.05, 4.69) is 6.92 Å². The van der Waals surface area contributed by atoms with Gasteiger partial charge in [-0.3, -0.25) is 0 Å². The van der Waals surface area contributed by atoms with Gasteiger partial charge in [0, 0.05) is 24.1 Å². The van der Waals surface area contributed by atoms with Gasteiger partial charge in [-0.25, -0.2) is 0 Å². The quantitative estimate of drug-likeness (QED) is 0.895. The molecule has 0 radical (unpaired) electrons. The third kappa shape index (κ3) is 2.64. The van der Waals surface area contributed by atoms with Crippen molar-refractivity contribution in [3.8, 4) is 11.5 Å². The van der Waals surface area contributed by atoms with E-state index >= 15 is 0 Å². The summed E-state index contributed by atoms with van der Waals surface area (Å²) in [4.78, 5) is 0. The molecule has 3 rings (SSSR count). The van der Waals surface area contributed by atoms with Crippen LogP contribution in [-0.4, -0.2) is 13.2 Å². The van der Waals surface area contributed by atoms with E-state index in [1.54, 1.807) is 7.11 Å². The summed E-state index contributed by atoms with van der Waals surface area (Å²) in [6, 6.07) is 6.07. The molecule has 0 saturated heterocycles. The topological polar surface area (TPSA) is 44.5 Å². The Hall–Kier alpha value is -1.22. The molecule has 1 aliphatic carbocycles. The van der Waals surface area contributed by atoms with Gasteiger partial charge >= 0.3 is 0 Å². The van der Waals surface area contributed by atoms with Crippen molar-refractivity contribution in [3.63, 3.8) is 0 Å². The van der Waals surface area contributed by atoms with Gasteiger partial charge in [0.1, 0.15) is 17.6 Å². The van der Waals surface area contributed by atoms with Crippen LogP contribution in [0.2, 0.25) is 0 Å². The fraction of sp³-hybridized carbons (Fsp3) is 0.647. The van der Waals surface area contributed by atoms with Crippen molar-refractivity contribution in [1.82, 2.24) is 0 Å². The lowest BCUT2D eigenvalue weighted by molar-refractivity contribution is 0.0663. The molecule has 0 bridgehead atoms. The minimum Gasteiger partial charge on any atom is -0.497 e. The molecule has 2 aliphatic rings. The fourth-order valence-corrected chi connectivity index (χ4v) is 3.75. The highest BCUT2D eigenvalue weighted by molar-refractivity contribution is 5.43. The monoisotopic (exact) mass is 275 g/mol. The fourth-order valence-electron chi connectivity index (χ4n) is 3.75. The molecule has 2 N–H and O–H groups in total. The van der Waals surface area contributed by atoms with Crippen molar-refractivity contribution in [3.05, 3.63) is 23.8 Å². The van der Waals surface area contributed by atoms with E-state index in [-0.39, 0.29) is 12.1 Å². The predicted molar refractivity (Wildman–Crippen MR) is 80.1 cm³/mol. The maximum atomic E-state index is 6.35. The second-order valence-corrected chi connectivity index (χ2v) is 6.43. The lowest BCUT2D eigenvalue weighted by atomic mass is 9.77. The smallest absolute Gasteiger partial charge is 0.128 e. The third-order valence-corrected chi connectivity index (χ3v) is 4.89. The molecule has 20 heavy (non-hydrogen) atoms. The molecule has 1 aliphatic heterocycles. The van der Waals surface area contributed by atoms with Crippen molar-refractivity contribution in [2.75, 3.05) is 7.11 Å². The Kier molecular flexibility index (Phi) is 3.88. The van der Waals surface area contributed by atoms with Crippen molar-refractivity contribution >= 4 is 0 Å². The van der Waals surface area contributed by atoms with E-state index in [0.717, 1.165) is 29.4 Å². The van der Waals surface area contributed by atoms with Gasteiger partial charge < -0.3 is 15.2 Å². The van der Waals surface area contributed by atoms with Crippen LogP contribution in [0.25, 0.3) is 0 Å². The van der Waals surface area contributed by atoms with Crippen molar-refractivity contribution in [1.29, 1.82) is 0 Å². The summed E-state index contributed by atoms with van der Waals surface area (Å²) in [5, 5.41) is 0. The average Bonchev–Trinajstić information content (AvgIpc) is 2.46. The number of benzene rings is 1. The third-order valence-electron chi connectivity index (χ3n) is 4.89. The number of hydrogen-bond acceptors (Lipinski definition) is 3. The highest BCUT2D eigenvalue weighted by Gasteiger charge is 2.34. The molecule has 1 saturated carbocycles. The number of rotatable bonds is 2. The van der Waals surface area contributed by atoms with Crippen molar-refractivity contribution in [2.45, 2.75) is 51.2 Å². The molecule has 0 aromatic heterocycles. The summed E-state index contributed by atoms with van der Waals surface area (Å²) < 4.78 is 11.6. The number of nitrogens with two attached hydrogens (primary N) is 1. The lowest BCUT2D eigenvalue weighted by Crippen LogP contribution is -2.37. The van der Waals surface area contributed by atoms with Crippen LogP contribution in [-0.2, 0) is 0 Å². The molecular weight excluding hydrogens is 250 g/mol. The number of fused-ring (bicyclic) bond motifs is 1. The highest BCUT2D eigenvalue weighted by Crippen LogP contribution is 2.41. The Balaban J connectivity index is 1.80. The molecule has 1 fully saturated rings. The first-order valence-electron chi connectivity index (χ1n) is 7.77. The average molecular weight is 275 g/mol. The molecule has 3 unspecified atom stereocenters. The van der Waals surface area contributed by atoms with E-state index in [1.807, 2.05) is 18.2 Å². The number of methoxy groups -OCH3 is 1. The minimum atomic E-state index is 0.0897. The first-order valence-corrected chi connectivity index (χ1v) is 7.77. The van der Waals surface area contributed by atoms with E-state index in [1.165, 1.54) is 25.7 Å². The molecule has 3 heteroatoms. The van der Waals surface area contributed by atoms with Gasteiger partial charge in [-0.05, 0) is 30.7 Å². The van der Waals surface area contributed by atoms with Crippen molar-refractivity contribution < 1.29 is 9.47 Å². The zero-order valence-corrected chi connectivity index (χ0v) is 12.5. The highest BCUT2D eigenvalue weighted by atomic mass is 16.5. The maximum absolute atomic E-state index is 6.35. The van der Waals surface area contributed by atoms with Gasteiger partial charge in [0.2, 0.25) is 0 Å². The van der Waals surface area contributed by atoms with Crippen molar-refractivity contribution in [2.24, 2.45) is 17.6 Å². The summed E-state index contributed by atoms with van der Waals surface area (Å²) in [7, 11) is 1.69. The number of hydrogen-bond donors (Lipinski definition) is 1. The van der Waals surface area contributed by atoms with Crippen LogP contribution in [0, 0.1) is 11.8 Å². The standard InChI is InChI=1S/C17H25NO2/c1-11-4-3-5-12(8-11)16-10-15(18)14-7-6-13(19-2)9-17(14)20-16/h6-7,9,11-12,15-16H,3-5,8,10,18H2,1-2H3/t11?,12?,15-,16?/m1/s1. The number of ether oxygens (including phenoxy) is 2. The van der Waals surface area contributed by atoms with Gasteiger partial charge in [0.05, 0.1) is 7.11 Å². The molecule has 0 amide bonds. The zero-order chi connectivity index (χ0) is 14.1. The molecule has 1 aromatic rings. The van der Waals surface area contributed by atoms with Gasteiger partial charge in [-0.2, -0.15) is 0 Å². The SMILES string of the molecule is COc1ccc2c(c1)OC(C1CCCC(C)C1)C[C@H]2N. The Labute approximate surface area is 121 Å².